The van der Waals surface area contributed by atoms with Gasteiger partial charge in [0.25, 0.3) is 0 Å². The third-order valence-corrected chi connectivity index (χ3v) is 6.16. The summed E-state index contributed by atoms with van der Waals surface area (Å²) in [6, 6.07) is 12.1. The largest absolute Gasteiger partial charge is 0.331 e. The summed E-state index contributed by atoms with van der Waals surface area (Å²) >= 11 is 1.76. The van der Waals surface area contributed by atoms with Crippen molar-refractivity contribution in [2.24, 2.45) is 0 Å². The molecule has 0 bridgehead atoms. The lowest BCUT2D eigenvalue weighted by molar-refractivity contribution is -0.134. The second kappa shape index (κ2) is 9.24. The molecule has 0 unspecified atom stereocenters. The van der Waals surface area contributed by atoms with Gasteiger partial charge in [-0.3, -0.25) is 4.79 Å². The van der Waals surface area contributed by atoms with Gasteiger partial charge in [-0.1, -0.05) is 43.7 Å². The Morgan fingerprint density at radius 2 is 1.93 bits per heavy atom. The van der Waals surface area contributed by atoms with Crippen LogP contribution in [0.4, 0.5) is 4.79 Å². The molecule has 0 saturated carbocycles. The van der Waals surface area contributed by atoms with Crippen LogP contribution >= 0.6 is 11.3 Å². The van der Waals surface area contributed by atoms with Crippen LogP contribution < -0.4 is 0 Å². The maximum Gasteiger partial charge on any atom is 0.319 e. The fraction of sp³-hybridized carbons (Fsp3) is 0.455. The Balaban J connectivity index is 1.85. The monoisotopic (exact) mass is 399 g/mol. The average Bonchev–Trinajstić information content (AvgIpc) is 3.19. The molecular formula is C22H29N3O2S. The molecule has 2 heterocycles. The molecule has 0 saturated heterocycles. The number of carbonyl (C=O) groups is 2. The van der Waals surface area contributed by atoms with Crippen molar-refractivity contribution in [1.82, 2.24) is 14.7 Å². The molecule has 0 radical (unpaired) electrons. The van der Waals surface area contributed by atoms with Gasteiger partial charge in [0, 0.05) is 32.1 Å². The maximum absolute atomic E-state index is 13.3. The molecule has 5 nitrogen and oxygen atoms in total. The highest BCUT2D eigenvalue weighted by Gasteiger charge is 2.33. The topological polar surface area (TPSA) is 43.9 Å². The lowest BCUT2D eigenvalue weighted by Gasteiger charge is -2.38. The minimum Gasteiger partial charge on any atom is -0.331 e. The van der Waals surface area contributed by atoms with Crippen LogP contribution in [0.15, 0.2) is 41.8 Å². The molecular weight excluding hydrogens is 370 g/mol. The molecule has 3 amide bonds. The van der Waals surface area contributed by atoms with Crippen molar-refractivity contribution in [2.75, 3.05) is 33.7 Å². The maximum atomic E-state index is 13.3. The summed E-state index contributed by atoms with van der Waals surface area (Å²) in [5.74, 6) is 0.0111. The summed E-state index contributed by atoms with van der Waals surface area (Å²) < 4.78 is 0. The fourth-order valence-corrected chi connectivity index (χ4v) is 4.61. The molecule has 2 aromatic rings. The van der Waals surface area contributed by atoms with Gasteiger partial charge in [-0.15, -0.1) is 11.3 Å². The molecule has 0 spiro atoms. The van der Waals surface area contributed by atoms with Crippen LogP contribution in [0.25, 0.3) is 0 Å². The molecule has 1 atom stereocenters. The van der Waals surface area contributed by atoms with Gasteiger partial charge in [-0.2, -0.15) is 0 Å². The SMILES string of the molecule is CCCCN(CC(=O)N1CCc2sccc2[C@@H]1c1ccccc1)C(=O)N(C)C. The number of rotatable bonds is 6. The molecule has 3 rings (SSSR count). The van der Waals surface area contributed by atoms with Crippen LogP contribution in [0, 0.1) is 0 Å². The Morgan fingerprint density at radius 1 is 1.18 bits per heavy atom. The van der Waals surface area contributed by atoms with Crippen molar-refractivity contribution >= 4 is 23.3 Å². The molecule has 0 fully saturated rings. The number of urea groups is 1. The molecule has 150 valence electrons. The van der Waals surface area contributed by atoms with Gasteiger partial charge >= 0.3 is 6.03 Å². The van der Waals surface area contributed by atoms with Crippen molar-refractivity contribution in [2.45, 2.75) is 32.2 Å². The van der Waals surface area contributed by atoms with Crippen molar-refractivity contribution in [3.63, 3.8) is 0 Å². The first-order chi connectivity index (χ1) is 13.5. The Hall–Kier alpha value is -2.34. The van der Waals surface area contributed by atoms with E-state index in [2.05, 4.69) is 30.5 Å². The van der Waals surface area contributed by atoms with Crippen LogP contribution in [0.1, 0.15) is 41.8 Å². The number of nitrogens with zero attached hydrogens (tertiary/aromatic N) is 3. The molecule has 1 aromatic heterocycles. The van der Waals surface area contributed by atoms with E-state index < -0.39 is 0 Å². The Bertz CT molecular complexity index is 803. The van der Waals surface area contributed by atoms with Crippen LogP contribution in [-0.4, -0.2) is 60.4 Å². The van der Waals surface area contributed by atoms with E-state index in [0.717, 1.165) is 24.8 Å². The Labute approximate surface area is 171 Å². The van der Waals surface area contributed by atoms with E-state index in [1.807, 2.05) is 23.1 Å². The molecule has 1 aliphatic rings. The summed E-state index contributed by atoms with van der Waals surface area (Å²) in [7, 11) is 3.47. The van der Waals surface area contributed by atoms with Gasteiger partial charge in [-0.25, -0.2) is 4.79 Å². The number of unbranched alkanes of at least 4 members (excludes halogenated alkanes) is 1. The molecule has 1 aromatic carbocycles. The Morgan fingerprint density at radius 3 is 2.61 bits per heavy atom. The van der Waals surface area contributed by atoms with Crippen molar-refractivity contribution in [3.05, 3.63) is 57.8 Å². The highest BCUT2D eigenvalue weighted by Crippen LogP contribution is 2.37. The number of hydrogen-bond donors (Lipinski definition) is 0. The van der Waals surface area contributed by atoms with Gasteiger partial charge < -0.3 is 14.7 Å². The minimum atomic E-state index is -0.105. The zero-order valence-electron chi connectivity index (χ0n) is 16.9. The molecule has 28 heavy (non-hydrogen) atoms. The van der Waals surface area contributed by atoms with Crippen LogP contribution in [-0.2, 0) is 11.2 Å². The second-order valence-corrected chi connectivity index (χ2v) is 8.40. The number of hydrogen-bond acceptors (Lipinski definition) is 3. The van der Waals surface area contributed by atoms with E-state index in [1.165, 1.54) is 10.4 Å². The fourth-order valence-electron chi connectivity index (χ4n) is 3.71. The summed E-state index contributed by atoms with van der Waals surface area (Å²) in [6.45, 7) is 3.50. The number of amides is 3. The van der Waals surface area contributed by atoms with E-state index >= 15 is 0 Å². The second-order valence-electron chi connectivity index (χ2n) is 7.40. The smallest absolute Gasteiger partial charge is 0.319 e. The van der Waals surface area contributed by atoms with E-state index in [0.29, 0.717) is 13.1 Å². The van der Waals surface area contributed by atoms with E-state index in [4.69, 9.17) is 0 Å². The van der Waals surface area contributed by atoms with Gasteiger partial charge in [0.2, 0.25) is 5.91 Å². The van der Waals surface area contributed by atoms with Gasteiger partial charge in [0.1, 0.15) is 6.54 Å². The third-order valence-electron chi connectivity index (χ3n) is 5.16. The van der Waals surface area contributed by atoms with Crippen molar-refractivity contribution in [3.8, 4) is 0 Å². The number of fused-ring (bicyclic) bond motifs is 1. The van der Waals surface area contributed by atoms with Crippen LogP contribution in [0.3, 0.4) is 0 Å². The molecule has 0 aliphatic carbocycles. The van der Waals surface area contributed by atoms with Crippen molar-refractivity contribution < 1.29 is 9.59 Å². The Kier molecular flexibility index (Phi) is 6.73. The summed E-state index contributed by atoms with van der Waals surface area (Å²) in [4.78, 5) is 32.4. The highest BCUT2D eigenvalue weighted by atomic mass is 32.1. The van der Waals surface area contributed by atoms with Gasteiger partial charge in [0.15, 0.2) is 0 Å². The number of carbonyl (C=O) groups excluding carboxylic acids is 2. The summed E-state index contributed by atoms with van der Waals surface area (Å²) in [5, 5.41) is 2.11. The number of benzene rings is 1. The first-order valence-corrected chi connectivity index (χ1v) is 10.8. The predicted molar refractivity (Wildman–Crippen MR) is 114 cm³/mol. The number of thiophene rings is 1. The lowest BCUT2D eigenvalue weighted by atomic mass is 9.93. The van der Waals surface area contributed by atoms with E-state index in [-0.39, 0.29) is 24.5 Å². The standard InChI is InChI=1S/C22H29N3O2S/c1-4-5-13-24(22(27)23(2)3)16-20(26)25-14-11-19-18(12-15-28-19)21(25)17-9-7-6-8-10-17/h6-10,12,15,21H,4-5,11,13-14,16H2,1-3H3/t21-/m0/s1. The molecule has 6 heteroatoms. The first kappa shape index (κ1) is 20.4. The minimum absolute atomic E-state index is 0.0111. The quantitative estimate of drug-likeness (QED) is 0.737. The van der Waals surface area contributed by atoms with E-state index in [1.54, 1.807) is 35.2 Å². The zero-order chi connectivity index (χ0) is 20.1. The summed E-state index contributed by atoms with van der Waals surface area (Å²) in [5.41, 5.74) is 2.34. The third kappa shape index (κ3) is 4.38. The van der Waals surface area contributed by atoms with Gasteiger partial charge in [0.05, 0.1) is 6.04 Å². The normalized spacial score (nSPS) is 15.8. The van der Waals surface area contributed by atoms with Crippen LogP contribution in [0.2, 0.25) is 0 Å². The first-order valence-electron chi connectivity index (χ1n) is 9.89. The predicted octanol–water partition coefficient (Wildman–Crippen LogP) is 4.01. The van der Waals surface area contributed by atoms with E-state index in [9.17, 15) is 9.59 Å². The lowest BCUT2D eigenvalue weighted by Crippen LogP contribution is -2.49. The van der Waals surface area contributed by atoms with Crippen LogP contribution in [0.5, 0.6) is 0 Å². The molecule has 1 aliphatic heterocycles. The zero-order valence-corrected chi connectivity index (χ0v) is 17.7. The van der Waals surface area contributed by atoms with Crippen molar-refractivity contribution in [1.29, 1.82) is 0 Å². The van der Waals surface area contributed by atoms with Gasteiger partial charge in [-0.05, 0) is 35.4 Å². The summed E-state index contributed by atoms with van der Waals surface area (Å²) in [6.07, 6.45) is 2.75. The highest BCUT2D eigenvalue weighted by molar-refractivity contribution is 7.10. The molecule has 0 N–H and O–H groups in total. The average molecular weight is 400 g/mol.